The van der Waals surface area contributed by atoms with Gasteiger partial charge in [0.2, 0.25) is 33.4 Å². The predicted octanol–water partition coefficient (Wildman–Crippen LogP) is 5.82. The normalized spacial score (nSPS) is 12.7. The number of nitrogens with one attached hydrogen (secondary N) is 1. The molecule has 33 heavy (non-hydrogen) atoms. The van der Waals surface area contributed by atoms with Crippen LogP contribution in [0.3, 0.4) is 0 Å². The standard InChI is InChI=1S/C23H16Cl2N2O5S/c24-15-6-8-16(9-7-15)33(28,29)23-22(32-21(27-23)17-3-1-2-4-18(17)25)26-12-14-5-10-19-20(11-14)31-13-30-19/h1-11,26H,12-13H2. The molecule has 4 aromatic rings. The molecule has 0 unspecified atom stereocenters. The summed E-state index contributed by atoms with van der Waals surface area (Å²) in [7, 11) is -4.01. The molecule has 7 nitrogen and oxygen atoms in total. The van der Waals surface area contributed by atoms with E-state index in [1.54, 1.807) is 30.3 Å². The van der Waals surface area contributed by atoms with Gasteiger partial charge in [0.15, 0.2) is 11.5 Å². The zero-order valence-electron chi connectivity index (χ0n) is 16.9. The van der Waals surface area contributed by atoms with Crippen molar-refractivity contribution in [1.82, 2.24) is 4.98 Å². The minimum Gasteiger partial charge on any atom is -0.454 e. The van der Waals surface area contributed by atoms with Gasteiger partial charge in [0.1, 0.15) is 0 Å². The van der Waals surface area contributed by atoms with Gasteiger partial charge in [-0.25, -0.2) is 8.42 Å². The van der Waals surface area contributed by atoms with Crippen LogP contribution in [0.5, 0.6) is 11.5 Å². The summed E-state index contributed by atoms with van der Waals surface area (Å²) in [5.74, 6) is 1.36. The summed E-state index contributed by atoms with van der Waals surface area (Å²) in [5.41, 5.74) is 1.31. The van der Waals surface area contributed by atoms with E-state index < -0.39 is 9.84 Å². The summed E-state index contributed by atoms with van der Waals surface area (Å²) in [5, 5.41) is 3.60. The summed E-state index contributed by atoms with van der Waals surface area (Å²) in [6.45, 7) is 0.427. The number of hydrogen-bond acceptors (Lipinski definition) is 7. The molecule has 0 fully saturated rings. The Labute approximate surface area is 199 Å². The Kier molecular flexibility index (Phi) is 5.65. The van der Waals surface area contributed by atoms with Gasteiger partial charge in [0.05, 0.1) is 15.5 Å². The number of nitrogens with zero attached hydrogens (tertiary/aromatic N) is 1. The summed E-state index contributed by atoms with van der Waals surface area (Å²) < 4.78 is 43.4. The minimum absolute atomic E-state index is 0.00228. The highest BCUT2D eigenvalue weighted by atomic mass is 35.5. The van der Waals surface area contributed by atoms with Crippen LogP contribution in [-0.2, 0) is 16.4 Å². The fraction of sp³-hybridized carbons (Fsp3) is 0.0870. The van der Waals surface area contributed by atoms with Gasteiger partial charge >= 0.3 is 0 Å². The summed E-state index contributed by atoms with van der Waals surface area (Å²) >= 11 is 12.2. The molecule has 1 aliphatic heterocycles. The van der Waals surface area contributed by atoms with Crippen molar-refractivity contribution in [3.63, 3.8) is 0 Å². The zero-order chi connectivity index (χ0) is 23.0. The van der Waals surface area contributed by atoms with Gasteiger partial charge in [-0.1, -0.05) is 41.4 Å². The first-order chi connectivity index (χ1) is 15.9. The zero-order valence-corrected chi connectivity index (χ0v) is 19.2. The van der Waals surface area contributed by atoms with Crippen LogP contribution in [0.15, 0.2) is 81.1 Å². The van der Waals surface area contributed by atoms with Gasteiger partial charge in [-0.15, -0.1) is 0 Å². The molecule has 0 saturated heterocycles. The second kappa shape index (κ2) is 8.62. The van der Waals surface area contributed by atoms with Crippen molar-refractivity contribution in [2.45, 2.75) is 16.5 Å². The van der Waals surface area contributed by atoms with E-state index in [0.29, 0.717) is 27.1 Å². The lowest BCUT2D eigenvalue weighted by molar-refractivity contribution is 0.174. The van der Waals surface area contributed by atoms with E-state index in [1.807, 2.05) is 12.1 Å². The molecule has 2 heterocycles. The number of anilines is 1. The number of sulfone groups is 1. The first-order valence-corrected chi connectivity index (χ1v) is 12.0. The summed E-state index contributed by atoms with van der Waals surface area (Å²) in [4.78, 5) is 4.34. The van der Waals surface area contributed by atoms with E-state index in [1.165, 1.54) is 24.3 Å². The number of ether oxygens (including phenoxy) is 2. The molecule has 0 atom stereocenters. The number of fused-ring (bicyclic) bond motifs is 1. The third-order valence-electron chi connectivity index (χ3n) is 4.97. The Bertz CT molecular complexity index is 1440. The van der Waals surface area contributed by atoms with Crippen molar-refractivity contribution in [2.24, 2.45) is 0 Å². The maximum atomic E-state index is 13.4. The SMILES string of the molecule is O=S(=O)(c1ccc(Cl)cc1)c1nc(-c2ccccc2Cl)oc1NCc1ccc2c(c1)OCO2. The predicted molar refractivity (Wildman–Crippen MR) is 124 cm³/mol. The molecular weight excluding hydrogens is 487 g/mol. The first kappa shape index (κ1) is 21.6. The third kappa shape index (κ3) is 4.25. The molecule has 0 aliphatic carbocycles. The van der Waals surface area contributed by atoms with Crippen LogP contribution in [0.25, 0.3) is 11.5 Å². The Morgan fingerprint density at radius 2 is 1.70 bits per heavy atom. The fourth-order valence-corrected chi connectivity index (χ4v) is 4.93. The van der Waals surface area contributed by atoms with E-state index in [4.69, 9.17) is 37.1 Å². The van der Waals surface area contributed by atoms with Crippen LogP contribution in [0, 0.1) is 0 Å². The van der Waals surface area contributed by atoms with Crippen molar-refractivity contribution >= 4 is 38.9 Å². The van der Waals surface area contributed by atoms with Crippen molar-refractivity contribution in [2.75, 3.05) is 12.1 Å². The van der Waals surface area contributed by atoms with Crippen molar-refractivity contribution < 1.29 is 22.3 Å². The lowest BCUT2D eigenvalue weighted by atomic mass is 10.2. The molecule has 10 heteroatoms. The van der Waals surface area contributed by atoms with Crippen LogP contribution < -0.4 is 14.8 Å². The van der Waals surface area contributed by atoms with Crippen LogP contribution in [0.1, 0.15) is 5.56 Å². The number of oxazole rings is 1. The minimum atomic E-state index is -4.01. The van der Waals surface area contributed by atoms with Crippen molar-refractivity contribution in [3.8, 4) is 23.0 Å². The van der Waals surface area contributed by atoms with E-state index in [9.17, 15) is 8.42 Å². The van der Waals surface area contributed by atoms with Gasteiger partial charge in [-0.3, -0.25) is 0 Å². The monoisotopic (exact) mass is 502 g/mol. The second-order valence-electron chi connectivity index (χ2n) is 7.13. The number of hydrogen-bond donors (Lipinski definition) is 1. The highest BCUT2D eigenvalue weighted by Gasteiger charge is 2.29. The number of halogens is 2. The van der Waals surface area contributed by atoms with Crippen LogP contribution in [0.2, 0.25) is 10.0 Å². The molecule has 0 bridgehead atoms. The molecule has 1 aromatic heterocycles. The largest absolute Gasteiger partial charge is 0.454 e. The van der Waals surface area contributed by atoms with Crippen LogP contribution in [0.4, 0.5) is 5.88 Å². The lowest BCUT2D eigenvalue weighted by Crippen LogP contribution is -2.07. The maximum absolute atomic E-state index is 13.4. The molecule has 1 aliphatic rings. The highest BCUT2D eigenvalue weighted by Crippen LogP contribution is 2.36. The Morgan fingerprint density at radius 3 is 2.48 bits per heavy atom. The molecule has 168 valence electrons. The van der Waals surface area contributed by atoms with Crippen LogP contribution in [-0.4, -0.2) is 20.2 Å². The molecule has 0 radical (unpaired) electrons. The van der Waals surface area contributed by atoms with Gasteiger partial charge in [-0.05, 0) is 54.1 Å². The van der Waals surface area contributed by atoms with Crippen LogP contribution >= 0.6 is 23.2 Å². The average molecular weight is 503 g/mol. The summed E-state index contributed by atoms with van der Waals surface area (Å²) in [6.07, 6.45) is 0. The quantitative estimate of drug-likeness (QED) is 0.355. The van der Waals surface area contributed by atoms with E-state index in [0.717, 1.165) is 5.56 Å². The molecule has 1 N–H and O–H groups in total. The Balaban J connectivity index is 1.54. The van der Waals surface area contributed by atoms with Gasteiger partial charge in [-0.2, -0.15) is 4.98 Å². The number of aromatic nitrogens is 1. The topological polar surface area (TPSA) is 90.7 Å². The molecule has 0 saturated carbocycles. The van der Waals surface area contributed by atoms with E-state index >= 15 is 0 Å². The Hall–Kier alpha value is -3.20. The first-order valence-electron chi connectivity index (χ1n) is 9.80. The van der Waals surface area contributed by atoms with Crippen molar-refractivity contribution in [3.05, 3.63) is 82.3 Å². The summed E-state index contributed by atoms with van der Waals surface area (Å²) in [6, 6.07) is 18.2. The maximum Gasteiger partial charge on any atom is 0.234 e. The molecular formula is C23H16Cl2N2O5S. The lowest BCUT2D eigenvalue weighted by Gasteiger charge is -2.07. The average Bonchev–Trinajstić information content (AvgIpc) is 3.45. The molecule has 3 aromatic carbocycles. The number of benzene rings is 3. The smallest absolute Gasteiger partial charge is 0.234 e. The van der Waals surface area contributed by atoms with Gasteiger partial charge < -0.3 is 19.2 Å². The van der Waals surface area contributed by atoms with E-state index in [-0.39, 0.29) is 35.0 Å². The molecule has 0 amide bonds. The highest BCUT2D eigenvalue weighted by molar-refractivity contribution is 7.91. The molecule has 0 spiro atoms. The third-order valence-corrected chi connectivity index (χ3v) is 7.23. The number of rotatable bonds is 6. The molecule has 5 rings (SSSR count). The fourth-order valence-electron chi connectivity index (χ4n) is 3.31. The van der Waals surface area contributed by atoms with Gasteiger partial charge in [0, 0.05) is 11.6 Å². The van der Waals surface area contributed by atoms with Gasteiger partial charge in [0.25, 0.3) is 0 Å². The Morgan fingerprint density at radius 1 is 0.939 bits per heavy atom. The van der Waals surface area contributed by atoms with E-state index in [2.05, 4.69) is 10.3 Å². The second-order valence-corrected chi connectivity index (χ2v) is 9.84. The van der Waals surface area contributed by atoms with Crippen molar-refractivity contribution in [1.29, 1.82) is 0 Å².